The Balaban J connectivity index is 2.07. The molecule has 0 radical (unpaired) electrons. The Labute approximate surface area is 93.8 Å². The zero-order valence-corrected chi connectivity index (χ0v) is 10.6. The van der Waals surface area contributed by atoms with Crippen molar-refractivity contribution in [2.24, 2.45) is 0 Å². The molecule has 0 atom stereocenters. The first-order valence-electron chi connectivity index (χ1n) is 6.27. The van der Waals surface area contributed by atoms with Crippen molar-refractivity contribution >= 4 is 0 Å². The van der Waals surface area contributed by atoms with Crippen LogP contribution in [0.4, 0.5) is 0 Å². The minimum absolute atomic E-state index is 0.441. The Morgan fingerprint density at radius 2 is 1.67 bits per heavy atom. The zero-order chi connectivity index (χ0) is 11.1. The maximum absolute atomic E-state index is 3.45. The van der Waals surface area contributed by atoms with Crippen LogP contribution in [0, 0.1) is 0 Å². The first-order chi connectivity index (χ1) is 7.05. The van der Waals surface area contributed by atoms with Crippen LogP contribution in [0.1, 0.15) is 27.7 Å². The van der Waals surface area contributed by atoms with Gasteiger partial charge in [0.05, 0.1) is 5.54 Å². The molecule has 0 saturated carbocycles. The van der Waals surface area contributed by atoms with E-state index in [2.05, 4.69) is 42.8 Å². The molecule has 2 fully saturated rings. The van der Waals surface area contributed by atoms with Gasteiger partial charge in [0.2, 0.25) is 0 Å². The summed E-state index contributed by atoms with van der Waals surface area (Å²) in [6.45, 7) is 15.3. The van der Waals surface area contributed by atoms with E-state index in [1.165, 1.54) is 32.7 Å². The average molecular weight is 211 g/mol. The molecule has 2 heterocycles. The van der Waals surface area contributed by atoms with Crippen molar-refractivity contribution in [3.05, 3.63) is 0 Å². The number of hydrogen-bond donors (Lipinski definition) is 1. The van der Waals surface area contributed by atoms with E-state index in [-0.39, 0.29) is 0 Å². The molecule has 0 bridgehead atoms. The highest BCUT2D eigenvalue weighted by molar-refractivity contribution is 5.07. The Morgan fingerprint density at radius 3 is 2.07 bits per heavy atom. The van der Waals surface area contributed by atoms with Gasteiger partial charge in [0.1, 0.15) is 0 Å². The van der Waals surface area contributed by atoms with Gasteiger partial charge in [0, 0.05) is 44.8 Å². The van der Waals surface area contributed by atoms with E-state index in [1.807, 2.05) is 0 Å². The third-order valence-corrected chi connectivity index (χ3v) is 4.00. The topological polar surface area (TPSA) is 18.5 Å². The number of rotatable bonds is 2. The lowest BCUT2D eigenvalue weighted by Gasteiger charge is -2.58. The van der Waals surface area contributed by atoms with Crippen molar-refractivity contribution in [3.8, 4) is 0 Å². The van der Waals surface area contributed by atoms with Crippen LogP contribution < -0.4 is 5.32 Å². The van der Waals surface area contributed by atoms with Crippen molar-refractivity contribution in [1.29, 1.82) is 0 Å². The summed E-state index contributed by atoms with van der Waals surface area (Å²) in [6, 6.07) is 1.37. The lowest BCUT2D eigenvalue weighted by atomic mass is 9.85. The Bertz CT molecular complexity index is 221. The molecule has 2 aliphatic rings. The predicted octanol–water partition coefficient (Wildman–Crippen LogP) is 0.763. The SMILES string of the molecule is CC(C)N1CCN(C(C)C)C2(CNC2)C1. The Kier molecular flexibility index (Phi) is 3.06. The van der Waals surface area contributed by atoms with Crippen LogP contribution in [-0.2, 0) is 0 Å². The van der Waals surface area contributed by atoms with Crippen LogP contribution in [0.15, 0.2) is 0 Å². The molecule has 0 aliphatic carbocycles. The first-order valence-corrected chi connectivity index (χ1v) is 6.27. The summed E-state index contributed by atoms with van der Waals surface area (Å²) in [6.07, 6.45) is 0. The van der Waals surface area contributed by atoms with Crippen molar-refractivity contribution in [2.45, 2.75) is 45.3 Å². The number of piperazine rings is 1. The molecule has 88 valence electrons. The maximum atomic E-state index is 3.45. The zero-order valence-electron chi connectivity index (χ0n) is 10.6. The van der Waals surface area contributed by atoms with Crippen molar-refractivity contribution < 1.29 is 0 Å². The minimum atomic E-state index is 0.441. The molecule has 1 spiro atoms. The van der Waals surface area contributed by atoms with Gasteiger partial charge in [-0.1, -0.05) is 0 Å². The molecule has 1 N–H and O–H groups in total. The van der Waals surface area contributed by atoms with Crippen LogP contribution in [-0.4, -0.2) is 60.1 Å². The second kappa shape index (κ2) is 4.04. The summed E-state index contributed by atoms with van der Waals surface area (Å²) in [5.74, 6) is 0. The molecular weight excluding hydrogens is 186 g/mol. The highest BCUT2D eigenvalue weighted by Gasteiger charge is 2.47. The molecular formula is C12H25N3. The highest BCUT2D eigenvalue weighted by Crippen LogP contribution is 2.28. The lowest BCUT2D eigenvalue weighted by Crippen LogP contribution is -2.77. The van der Waals surface area contributed by atoms with Crippen LogP contribution in [0.2, 0.25) is 0 Å². The molecule has 2 rings (SSSR count). The molecule has 2 saturated heterocycles. The molecule has 15 heavy (non-hydrogen) atoms. The summed E-state index contributed by atoms with van der Waals surface area (Å²) in [5, 5.41) is 3.45. The van der Waals surface area contributed by atoms with E-state index < -0.39 is 0 Å². The van der Waals surface area contributed by atoms with Crippen molar-refractivity contribution in [2.75, 3.05) is 32.7 Å². The van der Waals surface area contributed by atoms with Gasteiger partial charge in [0.15, 0.2) is 0 Å². The predicted molar refractivity (Wildman–Crippen MR) is 64.2 cm³/mol. The summed E-state index contributed by atoms with van der Waals surface area (Å²) in [5.41, 5.74) is 0.441. The van der Waals surface area contributed by atoms with E-state index in [4.69, 9.17) is 0 Å². The number of hydrogen-bond acceptors (Lipinski definition) is 3. The molecule has 0 amide bonds. The Hall–Kier alpha value is -0.120. The van der Waals surface area contributed by atoms with E-state index in [0.717, 1.165) is 0 Å². The average Bonchev–Trinajstić information content (AvgIpc) is 2.14. The molecule has 3 nitrogen and oxygen atoms in total. The van der Waals surface area contributed by atoms with Gasteiger partial charge in [-0.05, 0) is 27.7 Å². The highest BCUT2D eigenvalue weighted by atomic mass is 15.4. The van der Waals surface area contributed by atoms with Gasteiger partial charge in [-0.15, -0.1) is 0 Å². The molecule has 3 heteroatoms. The first kappa shape index (κ1) is 11.4. The third-order valence-electron chi connectivity index (χ3n) is 4.00. The smallest absolute Gasteiger partial charge is 0.0588 e. The van der Waals surface area contributed by atoms with Crippen LogP contribution >= 0.6 is 0 Å². The van der Waals surface area contributed by atoms with Crippen LogP contribution in [0.3, 0.4) is 0 Å². The van der Waals surface area contributed by atoms with E-state index in [9.17, 15) is 0 Å². The summed E-state index contributed by atoms with van der Waals surface area (Å²) in [7, 11) is 0. The summed E-state index contributed by atoms with van der Waals surface area (Å²) >= 11 is 0. The fourth-order valence-electron chi connectivity index (χ4n) is 3.00. The quantitative estimate of drug-likeness (QED) is 0.727. The summed E-state index contributed by atoms with van der Waals surface area (Å²) in [4.78, 5) is 5.32. The molecule has 0 aromatic heterocycles. The Morgan fingerprint density at radius 1 is 1.00 bits per heavy atom. The van der Waals surface area contributed by atoms with Gasteiger partial charge >= 0.3 is 0 Å². The molecule has 0 unspecified atom stereocenters. The molecule has 2 aliphatic heterocycles. The minimum Gasteiger partial charge on any atom is -0.313 e. The second-order valence-corrected chi connectivity index (χ2v) is 5.68. The largest absolute Gasteiger partial charge is 0.313 e. The normalized spacial score (nSPS) is 27.6. The lowest BCUT2D eigenvalue weighted by molar-refractivity contribution is -0.0621. The van der Waals surface area contributed by atoms with Gasteiger partial charge in [-0.25, -0.2) is 0 Å². The fraction of sp³-hybridized carbons (Fsp3) is 1.00. The van der Waals surface area contributed by atoms with Crippen LogP contribution in [0.25, 0.3) is 0 Å². The van der Waals surface area contributed by atoms with Gasteiger partial charge < -0.3 is 5.32 Å². The molecule has 0 aromatic rings. The van der Waals surface area contributed by atoms with E-state index in [1.54, 1.807) is 0 Å². The van der Waals surface area contributed by atoms with Gasteiger partial charge in [-0.3, -0.25) is 9.80 Å². The van der Waals surface area contributed by atoms with E-state index >= 15 is 0 Å². The molecule has 0 aromatic carbocycles. The maximum Gasteiger partial charge on any atom is 0.0588 e. The number of nitrogens with zero attached hydrogens (tertiary/aromatic N) is 2. The van der Waals surface area contributed by atoms with Crippen molar-refractivity contribution in [1.82, 2.24) is 15.1 Å². The fourth-order valence-corrected chi connectivity index (χ4v) is 3.00. The number of nitrogens with one attached hydrogen (secondary N) is 1. The third kappa shape index (κ3) is 1.93. The van der Waals surface area contributed by atoms with Crippen LogP contribution in [0.5, 0.6) is 0 Å². The van der Waals surface area contributed by atoms with Crippen molar-refractivity contribution in [3.63, 3.8) is 0 Å². The van der Waals surface area contributed by atoms with Gasteiger partial charge in [0.25, 0.3) is 0 Å². The monoisotopic (exact) mass is 211 g/mol. The van der Waals surface area contributed by atoms with E-state index in [0.29, 0.717) is 17.6 Å². The summed E-state index contributed by atoms with van der Waals surface area (Å²) < 4.78 is 0. The van der Waals surface area contributed by atoms with Gasteiger partial charge in [-0.2, -0.15) is 0 Å². The standard InChI is InChI=1S/C12H25N3/c1-10(2)14-5-6-15(11(3)4)12(9-14)7-13-8-12/h10-11,13H,5-9H2,1-4H3. The second-order valence-electron chi connectivity index (χ2n) is 5.68.